The number of hydrogen-bond acceptors (Lipinski definition) is 6. The Bertz CT molecular complexity index is 1430. The molecule has 0 saturated carbocycles. The van der Waals surface area contributed by atoms with Crippen LogP contribution in [0.25, 0.3) is 11.4 Å². The predicted octanol–water partition coefficient (Wildman–Crippen LogP) is 4.64. The lowest BCUT2D eigenvalue weighted by atomic mass is 9.99. The van der Waals surface area contributed by atoms with Crippen molar-refractivity contribution in [3.05, 3.63) is 106 Å². The van der Waals surface area contributed by atoms with E-state index in [0.717, 1.165) is 10.1 Å². The number of ketones is 1. The lowest BCUT2D eigenvalue weighted by molar-refractivity contribution is -0.121. The van der Waals surface area contributed by atoms with E-state index in [1.807, 2.05) is 44.2 Å². The number of ether oxygens (including phenoxy) is 1. The molecule has 0 spiro atoms. The predicted molar refractivity (Wildman–Crippen MR) is 139 cm³/mol. The summed E-state index contributed by atoms with van der Waals surface area (Å²) in [6, 6.07) is 20.9. The first-order valence-corrected chi connectivity index (χ1v) is 12.2. The second-order valence-electron chi connectivity index (χ2n) is 9.29. The first-order valence-electron chi connectivity index (χ1n) is 12.2. The molecule has 1 heterocycles. The largest absolute Gasteiger partial charge is 0.489 e. The van der Waals surface area contributed by atoms with Crippen LogP contribution in [0.1, 0.15) is 36.2 Å². The molecule has 0 aliphatic carbocycles. The van der Waals surface area contributed by atoms with Crippen molar-refractivity contribution in [1.29, 1.82) is 0 Å². The van der Waals surface area contributed by atoms with Crippen molar-refractivity contribution >= 4 is 11.7 Å². The molecule has 4 rings (SSSR count). The lowest BCUT2D eigenvalue weighted by Crippen LogP contribution is -2.44. The Kier molecular flexibility index (Phi) is 8.47. The van der Waals surface area contributed by atoms with Gasteiger partial charge in [-0.3, -0.25) is 14.1 Å². The number of hydrogen-bond donors (Lipinski definition) is 1. The molecule has 0 fully saturated rings. The Hall–Kier alpha value is -4.53. The average molecular weight is 518 g/mol. The standard InChI is InChI=1S/C29H28FN3O5/c1-19(2)16-25(26(34)17-33-27(32-38-29(33)36)21-8-12-23(30)13-9-21)31-28(35)22-10-14-24(15-11-22)37-18-20-6-4-3-5-7-20/h3-15,19,25H,16-18H2,1-2H3,(H,31,35). The number of amides is 1. The third-order valence-corrected chi connectivity index (χ3v) is 5.87. The maximum atomic E-state index is 13.3. The second kappa shape index (κ2) is 12.1. The van der Waals surface area contributed by atoms with Gasteiger partial charge >= 0.3 is 5.76 Å². The smallest absolute Gasteiger partial charge is 0.442 e. The summed E-state index contributed by atoms with van der Waals surface area (Å²) < 4.78 is 24.9. The molecule has 9 heteroatoms. The van der Waals surface area contributed by atoms with Crippen LogP contribution in [0.2, 0.25) is 0 Å². The zero-order chi connectivity index (χ0) is 27.1. The molecule has 1 atom stereocenters. The van der Waals surface area contributed by atoms with E-state index in [2.05, 4.69) is 10.5 Å². The first-order chi connectivity index (χ1) is 18.3. The van der Waals surface area contributed by atoms with Crippen LogP contribution in [0.4, 0.5) is 4.39 Å². The average Bonchev–Trinajstić information content (AvgIpc) is 3.27. The van der Waals surface area contributed by atoms with Crippen LogP contribution in [0.3, 0.4) is 0 Å². The van der Waals surface area contributed by atoms with Gasteiger partial charge in [0.2, 0.25) is 0 Å². The maximum absolute atomic E-state index is 13.3. The van der Waals surface area contributed by atoms with E-state index in [9.17, 15) is 18.8 Å². The molecular weight excluding hydrogens is 489 g/mol. The van der Waals surface area contributed by atoms with E-state index in [1.54, 1.807) is 24.3 Å². The van der Waals surface area contributed by atoms with Gasteiger partial charge in [0.15, 0.2) is 11.6 Å². The quantitative estimate of drug-likeness (QED) is 0.311. The molecule has 4 aromatic rings. The van der Waals surface area contributed by atoms with E-state index < -0.39 is 23.5 Å². The number of nitrogens with one attached hydrogen (secondary N) is 1. The number of rotatable bonds is 11. The van der Waals surface area contributed by atoms with Gasteiger partial charge in [0.05, 0.1) is 12.6 Å². The summed E-state index contributed by atoms with van der Waals surface area (Å²) in [6.07, 6.45) is 0.370. The number of nitrogens with zero attached hydrogens (tertiary/aromatic N) is 2. The normalized spacial score (nSPS) is 11.8. The maximum Gasteiger partial charge on any atom is 0.442 e. The van der Waals surface area contributed by atoms with Gasteiger partial charge in [0, 0.05) is 11.1 Å². The van der Waals surface area contributed by atoms with Crippen LogP contribution in [0, 0.1) is 11.7 Å². The number of Topliss-reactive ketones (excluding diaryl/α,β-unsaturated/α-hetero) is 1. The van der Waals surface area contributed by atoms with Crippen molar-refractivity contribution in [3.63, 3.8) is 0 Å². The molecule has 8 nitrogen and oxygen atoms in total. The van der Waals surface area contributed by atoms with Crippen molar-refractivity contribution in [1.82, 2.24) is 15.0 Å². The van der Waals surface area contributed by atoms with Gasteiger partial charge in [0.25, 0.3) is 5.91 Å². The van der Waals surface area contributed by atoms with Crippen LogP contribution >= 0.6 is 0 Å². The van der Waals surface area contributed by atoms with Crippen LogP contribution in [-0.4, -0.2) is 27.5 Å². The monoisotopic (exact) mass is 517 g/mol. The molecule has 0 radical (unpaired) electrons. The summed E-state index contributed by atoms with van der Waals surface area (Å²) >= 11 is 0. The minimum Gasteiger partial charge on any atom is -0.489 e. The zero-order valence-electron chi connectivity index (χ0n) is 21.1. The summed E-state index contributed by atoms with van der Waals surface area (Å²) in [5.41, 5.74) is 1.82. The van der Waals surface area contributed by atoms with Crippen LogP contribution < -0.4 is 15.8 Å². The van der Waals surface area contributed by atoms with E-state index in [-0.39, 0.29) is 24.1 Å². The van der Waals surface area contributed by atoms with Crippen molar-refractivity contribution in [2.24, 2.45) is 5.92 Å². The summed E-state index contributed by atoms with van der Waals surface area (Å²) in [7, 11) is 0. The molecule has 1 unspecified atom stereocenters. The highest BCUT2D eigenvalue weighted by atomic mass is 19.1. The molecule has 38 heavy (non-hydrogen) atoms. The summed E-state index contributed by atoms with van der Waals surface area (Å²) in [5, 5.41) is 6.54. The van der Waals surface area contributed by atoms with Gasteiger partial charge in [-0.15, -0.1) is 0 Å². The molecule has 1 N–H and O–H groups in total. The van der Waals surface area contributed by atoms with Crippen molar-refractivity contribution < 1.29 is 23.2 Å². The highest BCUT2D eigenvalue weighted by Gasteiger charge is 2.25. The fourth-order valence-electron chi connectivity index (χ4n) is 3.91. The molecular formula is C29H28FN3O5. The number of halogens is 1. The van der Waals surface area contributed by atoms with Crippen LogP contribution in [0.5, 0.6) is 5.75 Å². The molecule has 0 bridgehead atoms. The number of aromatic nitrogens is 2. The van der Waals surface area contributed by atoms with Gasteiger partial charge in [-0.25, -0.2) is 13.8 Å². The molecule has 0 aliphatic rings. The minimum atomic E-state index is -0.848. The van der Waals surface area contributed by atoms with Crippen molar-refractivity contribution in [2.45, 2.75) is 39.5 Å². The van der Waals surface area contributed by atoms with Gasteiger partial charge in [0.1, 0.15) is 18.2 Å². The Morgan fingerprint density at radius 3 is 2.34 bits per heavy atom. The van der Waals surface area contributed by atoms with Crippen molar-refractivity contribution in [2.75, 3.05) is 0 Å². The Labute approximate surface area is 219 Å². The second-order valence-corrected chi connectivity index (χ2v) is 9.29. The molecule has 0 aliphatic heterocycles. The minimum absolute atomic E-state index is 0.0915. The van der Waals surface area contributed by atoms with E-state index in [0.29, 0.717) is 29.9 Å². The Morgan fingerprint density at radius 1 is 1.00 bits per heavy atom. The molecule has 1 aromatic heterocycles. The Morgan fingerprint density at radius 2 is 1.68 bits per heavy atom. The highest BCUT2D eigenvalue weighted by molar-refractivity contribution is 5.98. The Balaban J connectivity index is 1.44. The lowest BCUT2D eigenvalue weighted by Gasteiger charge is -2.20. The molecule has 196 valence electrons. The third-order valence-electron chi connectivity index (χ3n) is 5.87. The molecule has 1 amide bonds. The summed E-state index contributed by atoms with van der Waals surface area (Å²) in [6.45, 7) is 3.90. The third kappa shape index (κ3) is 6.82. The topological polar surface area (TPSA) is 103 Å². The number of benzene rings is 3. The molecule has 3 aromatic carbocycles. The van der Waals surface area contributed by atoms with Gasteiger partial charge in [-0.2, -0.15) is 0 Å². The molecule has 0 saturated heterocycles. The van der Waals surface area contributed by atoms with Crippen LogP contribution in [0.15, 0.2) is 88.2 Å². The van der Waals surface area contributed by atoms with Gasteiger partial charge in [-0.1, -0.05) is 49.3 Å². The van der Waals surface area contributed by atoms with E-state index >= 15 is 0 Å². The SMILES string of the molecule is CC(C)CC(NC(=O)c1ccc(OCc2ccccc2)cc1)C(=O)Cn1c(-c2ccc(F)cc2)noc1=O. The fourth-order valence-corrected chi connectivity index (χ4v) is 3.91. The van der Waals surface area contributed by atoms with Crippen LogP contribution in [-0.2, 0) is 17.9 Å². The van der Waals surface area contributed by atoms with E-state index in [1.165, 1.54) is 24.3 Å². The van der Waals surface area contributed by atoms with E-state index in [4.69, 9.17) is 9.26 Å². The highest BCUT2D eigenvalue weighted by Crippen LogP contribution is 2.18. The van der Waals surface area contributed by atoms with Crippen molar-refractivity contribution in [3.8, 4) is 17.1 Å². The van der Waals surface area contributed by atoms with Gasteiger partial charge in [-0.05, 0) is 66.4 Å². The zero-order valence-corrected chi connectivity index (χ0v) is 21.1. The first kappa shape index (κ1) is 26.5. The number of carbonyl (C=O) groups excluding carboxylic acids is 2. The number of carbonyl (C=O) groups is 2. The van der Waals surface area contributed by atoms with Gasteiger partial charge < -0.3 is 10.1 Å². The summed E-state index contributed by atoms with van der Waals surface area (Å²) in [5.74, 6) is -1.27. The summed E-state index contributed by atoms with van der Waals surface area (Å²) in [4.78, 5) is 38.5. The fraction of sp³-hybridized carbons (Fsp3) is 0.241.